The summed E-state index contributed by atoms with van der Waals surface area (Å²) in [4.78, 5) is 24.9. The summed E-state index contributed by atoms with van der Waals surface area (Å²) in [5.74, 6) is 1.01. The second-order valence-electron chi connectivity index (χ2n) is 6.25. The Bertz CT molecular complexity index is 1060. The van der Waals surface area contributed by atoms with E-state index < -0.39 is 18.0 Å². The summed E-state index contributed by atoms with van der Waals surface area (Å²) in [6.07, 6.45) is 3.09. The van der Waals surface area contributed by atoms with E-state index in [0.717, 1.165) is 5.76 Å². The Kier molecular flexibility index (Phi) is 6.57. The molecule has 0 saturated heterocycles. The van der Waals surface area contributed by atoms with Crippen LogP contribution in [0.2, 0.25) is 0 Å². The highest BCUT2D eigenvalue weighted by Crippen LogP contribution is 2.32. The SMILES string of the molecule is CCOC(=O)C1=C(CSc2nnc(NCc3ccco3)s2)NC(=O)NC1c1ccco1. The molecule has 162 valence electrons. The molecule has 31 heavy (non-hydrogen) atoms. The summed E-state index contributed by atoms with van der Waals surface area (Å²) >= 11 is 2.72. The fraction of sp³-hybridized carbons (Fsp3) is 0.263. The lowest BCUT2D eigenvalue weighted by atomic mass is 10.0. The van der Waals surface area contributed by atoms with Crippen molar-refractivity contribution in [3.63, 3.8) is 0 Å². The summed E-state index contributed by atoms with van der Waals surface area (Å²) in [7, 11) is 0. The molecule has 0 aliphatic carbocycles. The number of nitrogens with zero attached hydrogens (tertiary/aromatic N) is 2. The average molecular weight is 462 g/mol. The first-order valence-corrected chi connectivity index (χ1v) is 11.2. The van der Waals surface area contributed by atoms with Gasteiger partial charge in [-0.25, -0.2) is 9.59 Å². The van der Waals surface area contributed by atoms with Crippen LogP contribution in [-0.2, 0) is 16.1 Å². The van der Waals surface area contributed by atoms with Crippen molar-refractivity contribution >= 4 is 40.2 Å². The number of carbonyl (C=O) groups excluding carboxylic acids is 2. The molecule has 4 heterocycles. The molecule has 0 radical (unpaired) electrons. The lowest BCUT2D eigenvalue weighted by molar-refractivity contribution is -0.139. The first-order chi connectivity index (χ1) is 15.1. The minimum atomic E-state index is -0.738. The molecule has 1 atom stereocenters. The van der Waals surface area contributed by atoms with Gasteiger partial charge in [0.1, 0.15) is 17.6 Å². The van der Waals surface area contributed by atoms with Gasteiger partial charge in [-0.2, -0.15) is 0 Å². The van der Waals surface area contributed by atoms with Crippen LogP contribution in [0.25, 0.3) is 0 Å². The predicted molar refractivity (Wildman–Crippen MR) is 113 cm³/mol. The van der Waals surface area contributed by atoms with Gasteiger partial charge in [-0.05, 0) is 31.2 Å². The molecular weight excluding hydrogens is 442 g/mol. The van der Waals surface area contributed by atoms with Crippen molar-refractivity contribution in [2.45, 2.75) is 23.8 Å². The van der Waals surface area contributed by atoms with E-state index in [-0.39, 0.29) is 6.61 Å². The van der Waals surface area contributed by atoms with Gasteiger partial charge in [0.25, 0.3) is 0 Å². The van der Waals surface area contributed by atoms with Crippen LogP contribution in [0.3, 0.4) is 0 Å². The molecule has 3 aromatic heterocycles. The van der Waals surface area contributed by atoms with Crippen molar-refractivity contribution in [2.75, 3.05) is 17.7 Å². The molecule has 10 nitrogen and oxygen atoms in total. The molecule has 4 rings (SSSR count). The molecule has 1 aliphatic heterocycles. The molecule has 3 N–H and O–H groups in total. The van der Waals surface area contributed by atoms with Gasteiger partial charge in [-0.3, -0.25) is 0 Å². The van der Waals surface area contributed by atoms with Gasteiger partial charge in [0, 0.05) is 11.4 Å². The third-order valence-corrected chi connectivity index (χ3v) is 6.26. The quantitative estimate of drug-likeness (QED) is 0.324. The Labute approximate surface area is 185 Å². The molecule has 1 unspecified atom stereocenters. The van der Waals surface area contributed by atoms with Crippen LogP contribution in [-0.4, -0.2) is 34.6 Å². The molecular formula is C19H19N5O5S2. The third kappa shape index (κ3) is 5.09. The van der Waals surface area contributed by atoms with E-state index in [1.807, 2.05) is 12.1 Å². The topological polar surface area (TPSA) is 132 Å². The van der Waals surface area contributed by atoms with Crippen molar-refractivity contribution in [3.8, 4) is 0 Å². The van der Waals surface area contributed by atoms with E-state index in [1.54, 1.807) is 25.3 Å². The Balaban J connectivity index is 1.49. The first-order valence-electron chi connectivity index (χ1n) is 9.37. The highest BCUT2D eigenvalue weighted by atomic mass is 32.2. The van der Waals surface area contributed by atoms with Gasteiger partial charge in [0.2, 0.25) is 5.13 Å². The van der Waals surface area contributed by atoms with Gasteiger partial charge < -0.3 is 29.5 Å². The molecule has 3 aromatic rings. The van der Waals surface area contributed by atoms with Crippen molar-refractivity contribution < 1.29 is 23.2 Å². The Morgan fingerprint density at radius 2 is 2.13 bits per heavy atom. The number of ether oxygens (including phenoxy) is 1. The van der Waals surface area contributed by atoms with Crippen LogP contribution in [0.5, 0.6) is 0 Å². The highest BCUT2D eigenvalue weighted by molar-refractivity contribution is 8.01. The second kappa shape index (κ2) is 9.71. The first kappa shape index (κ1) is 21.0. The summed E-state index contributed by atoms with van der Waals surface area (Å²) in [5, 5.41) is 17.5. The van der Waals surface area contributed by atoms with Gasteiger partial charge in [0.15, 0.2) is 4.34 Å². The second-order valence-corrected chi connectivity index (χ2v) is 8.45. The maximum atomic E-state index is 12.7. The standard InChI is InChI=1S/C19H19N5O5S2/c1-2-27-16(25)14-12(21-17(26)22-15(14)13-6-4-8-29-13)10-30-19-24-23-18(31-19)20-9-11-5-3-7-28-11/h3-8,15H,2,9-10H2,1H3,(H,20,23)(H2,21,22,26). The predicted octanol–water partition coefficient (Wildman–Crippen LogP) is 3.30. The average Bonchev–Trinajstić information content (AvgIpc) is 3.53. The minimum absolute atomic E-state index is 0.211. The van der Waals surface area contributed by atoms with Crippen molar-refractivity contribution in [3.05, 3.63) is 59.6 Å². The number of furan rings is 2. The summed E-state index contributed by atoms with van der Waals surface area (Å²) < 4.78 is 16.6. The lowest BCUT2D eigenvalue weighted by Gasteiger charge is -2.27. The molecule has 2 amide bonds. The van der Waals surface area contributed by atoms with Crippen molar-refractivity contribution in [1.82, 2.24) is 20.8 Å². The molecule has 12 heteroatoms. The zero-order valence-electron chi connectivity index (χ0n) is 16.4. The summed E-state index contributed by atoms with van der Waals surface area (Å²) in [5.41, 5.74) is 0.735. The van der Waals surface area contributed by atoms with Crippen LogP contribution in [0, 0.1) is 0 Å². The molecule has 0 saturated carbocycles. The molecule has 0 spiro atoms. The number of hydrogen-bond donors (Lipinski definition) is 3. The Morgan fingerprint density at radius 3 is 2.87 bits per heavy atom. The van der Waals surface area contributed by atoms with Crippen LogP contribution in [0.1, 0.15) is 24.5 Å². The molecule has 1 aliphatic rings. The smallest absolute Gasteiger partial charge is 0.338 e. The maximum absolute atomic E-state index is 12.7. The molecule has 0 aromatic carbocycles. The normalized spacial score (nSPS) is 16.0. The number of aromatic nitrogens is 2. The van der Waals surface area contributed by atoms with Crippen molar-refractivity contribution in [1.29, 1.82) is 0 Å². The summed E-state index contributed by atoms with van der Waals surface area (Å²) in [6, 6.07) is 5.90. The number of esters is 1. The number of carbonyl (C=O) groups is 2. The zero-order chi connectivity index (χ0) is 21.6. The molecule has 0 bridgehead atoms. The van der Waals surface area contributed by atoms with Gasteiger partial charge >= 0.3 is 12.0 Å². The van der Waals surface area contributed by atoms with E-state index in [2.05, 4.69) is 26.1 Å². The number of nitrogens with one attached hydrogen (secondary N) is 3. The monoisotopic (exact) mass is 461 g/mol. The lowest BCUT2D eigenvalue weighted by Crippen LogP contribution is -2.46. The Morgan fingerprint density at radius 1 is 1.29 bits per heavy atom. The van der Waals surface area contributed by atoms with Crippen LogP contribution >= 0.6 is 23.1 Å². The van der Waals surface area contributed by atoms with E-state index in [4.69, 9.17) is 13.6 Å². The van der Waals surface area contributed by atoms with E-state index in [9.17, 15) is 9.59 Å². The van der Waals surface area contributed by atoms with E-state index >= 15 is 0 Å². The van der Waals surface area contributed by atoms with Gasteiger partial charge in [0.05, 0.1) is 31.3 Å². The number of hydrogen-bond acceptors (Lipinski definition) is 10. The van der Waals surface area contributed by atoms with E-state index in [1.165, 1.54) is 29.4 Å². The zero-order valence-corrected chi connectivity index (χ0v) is 18.0. The van der Waals surface area contributed by atoms with Crippen LogP contribution in [0.4, 0.5) is 9.93 Å². The number of anilines is 1. The highest BCUT2D eigenvalue weighted by Gasteiger charge is 2.35. The van der Waals surface area contributed by atoms with Gasteiger partial charge in [-0.1, -0.05) is 23.1 Å². The minimum Gasteiger partial charge on any atom is -0.467 e. The van der Waals surface area contributed by atoms with Gasteiger partial charge in [-0.15, -0.1) is 10.2 Å². The van der Waals surface area contributed by atoms with Crippen LogP contribution in [0.15, 0.2) is 61.2 Å². The van der Waals surface area contributed by atoms with E-state index in [0.29, 0.717) is 38.8 Å². The number of rotatable bonds is 9. The fourth-order valence-electron chi connectivity index (χ4n) is 2.90. The number of urea groups is 1. The maximum Gasteiger partial charge on any atom is 0.338 e. The number of amides is 2. The Hall–Kier alpha value is -3.25. The summed E-state index contributed by atoms with van der Waals surface area (Å²) in [6.45, 7) is 2.43. The number of thioether (sulfide) groups is 1. The molecule has 0 fully saturated rings. The fourth-order valence-corrected chi connectivity index (χ4v) is 4.62. The largest absolute Gasteiger partial charge is 0.467 e. The van der Waals surface area contributed by atoms with Crippen LogP contribution < -0.4 is 16.0 Å². The van der Waals surface area contributed by atoms with Crippen molar-refractivity contribution in [2.24, 2.45) is 0 Å². The third-order valence-electron chi connectivity index (χ3n) is 4.22.